The molecule has 0 atom stereocenters. The summed E-state index contributed by atoms with van der Waals surface area (Å²) in [6.07, 6.45) is 0.580. The van der Waals surface area contributed by atoms with Gasteiger partial charge >= 0.3 is 0 Å². The van der Waals surface area contributed by atoms with Crippen molar-refractivity contribution >= 4 is 32.4 Å². The Labute approximate surface area is 182 Å². The van der Waals surface area contributed by atoms with Crippen LogP contribution in [0.5, 0.6) is 5.75 Å². The van der Waals surface area contributed by atoms with E-state index in [1.807, 2.05) is 0 Å². The molecule has 3 rings (SSSR count). The highest BCUT2D eigenvalue weighted by molar-refractivity contribution is 7.99. The van der Waals surface area contributed by atoms with Crippen molar-refractivity contribution < 1.29 is 17.9 Å². The van der Waals surface area contributed by atoms with Crippen LogP contribution in [0.3, 0.4) is 0 Å². The number of sulfonamides is 1. The molecule has 0 spiro atoms. The Hall–Kier alpha value is -2.51. The fraction of sp³-hybridized carbons (Fsp3) is 0.318. The molecule has 0 bridgehead atoms. The summed E-state index contributed by atoms with van der Waals surface area (Å²) in [6, 6.07) is 15.7. The summed E-state index contributed by atoms with van der Waals surface area (Å²) in [7, 11) is -3.97. The molecule has 1 aliphatic heterocycles. The number of carbonyl (C=O) groups is 1. The molecule has 2 aromatic rings. The third-order valence-corrected chi connectivity index (χ3v) is 6.88. The first kappa shape index (κ1) is 22.2. The Morgan fingerprint density at radius 2 is 1.67 bits per heavy atom. The Balaban J connectivity index is 1.77. The lowest BCUT2D eigenvalue weighted by molar-refractivity contribution is -0.125. The molecule has 0 fully saturated rings. The molecule has 2 aromatic carbocycles. The molecule has 1 amide bonds. The zero-order chi connectivity index (χ0) is 21.9. The number of benzene rings is 2. The number of carbonyl (C=O) groups excluding carboxylic acids is 1. The monoisotopic (exact) mass is 448 g/mol. The molecule has 0 saturated heterocycles. The molecule has 8 heteroatoms. The Morgan fingerprint density at radius 3 is 2.27 bits per heavy atom. The van der Waals surface area contributed by atoms with Crippen molar-refractivity contribution in [3.8, 4) is 5.75 Å². The molecule has 1 N–H and O–H groups in total. The van der Waals surface area contributed by atoms with Gasteiger partial charge in [0.15, 0.2) is 0 Å². The van der Waals surface area contributed by atoms with Crippen LogP contribution in [0.15, 0.2) is 60.3 Å². The molecule has 0 radical (unpaired) electrons. The number of hydrogen-bond donors (Lipinski definition) is 1. The van der Waals surface area contributed by atoms with E-state index < -0.39 is 21.5 Å². The van der Waals surface area contributed by atoms with Crippen molar-refractivity contribution in [1.82, 2.24) is 9.62 Å². The van der Waals surface area contributed by atoms with Crippen molar-refractivity contribution in [2.24, 2.45) is 0 Å². The fourth-order valence-electron chi connectivity index (χ4n) is 3.24. The highest BCUT2D eigenvalue weighted by Gasteiger charge is 2.49. The molecular formula is C22H25ClN2O4S. The first-order valence-corrected chi connectivity index (χ1v) is 11.5. The average Bonchev–Trinajstić information content (AvgIpc) is 2.88. The zero-order valence-electron chi connectivity index (χ0n) is 17.2. The highest BCUT2D eigenvalue weighted by atomic mass is 35.5. The van der Waals surface area contributed by atoms with E-state index in [-0.39, 0.29) is 10.6 Å². The summed E-state index contributed by atoms with van der Waals surface area (Å²) >= 11 is 5.86. The number of nitrogens with zero attached hydrogens (tertiary/aromatic N) is 1. The van der Waals surface area contributed by atoms with Gasteiger partial charge in [0.25, 0.3) is 15.9 Å². The third-order valence-electron chi connectivity index (χ3n) is 4.47. The van der Waals surface area contributed by atoms with Gasteiger partial charge in [-0.3, -0.25) is 4.79 Å². The van der Waals surface area contributed by atoms with Crippen LogP contribution in [0.1, 0.15) is 32.8 Å². The standard InChI is InChI=1S/C22H25ClN2O4S/c1-22(2,3)25-21(26)19(20(30(25,27)28)16-8-5-4-6-9-16)24-14-7-15-29-18-12-10-17(23)11-13-18/h4-6,8-13,24H,7,14-15H2,1-3H3. The number of ether oxygens (including phenoxy) is 1. The van der Waals surface area contributed by atoms with E-state index in [9.17, 15) is 13.2 Å². The first-order valence-electron chi connectivity index (χ1n) is 9.64. The van der Waals surface area contributed by atoms with Gasteiger partial charge < -0.3 is 10.1 Å². The van der Waals surface area contributed by atoms with E-state index in [4.69, 9.17) is 16.3 Å². The second-order valence-electron chi connectivity index (χ2n) is 7.90. The molecular weight excluding hydrogens is 424 g/mol. The van der Waals surface area contributed by atoms with Gasteiger partial charge in [-0.1, -0.05) is 41.9 Å². The predicted molar refractivity (Wildman–Crippen MR) is 118 cm³/mol. The van der Waals surface area contributed by atoms with Crippen LogP contribution in [-0.2, 0) is 14.8 Å². The SMILES string of the molecule is CC(C)(C)N1C(=O)C(NCCCOc2ccc(Cl)cc2)=C(c2ccccc2)S1(=O)=O. The fourth-order valence-corrected chi connectivity index (χ4v) is 5.43. The van der Waals surface area contributed by atoms with Crippen LogP contribution in [0.4, 0.5) is 0 Å². The molecule has 0 aliphatic carbocycles. The topological polar surface area (TPSA) is 75.7 Å². The van der Waals surface area contributed by atoms with E-state index in [2.05, 4.69) is 5.32 Å². The van der Waals surface area contributed by atoms with Crippen LogP contribution >= 0.6 is 11.6 Å². The predicted octanol–water partition coefficient (Wildman–Crippen LogP) is 4.04. The van der Waals surface area contributed by atoms with Crippen molar-refractivity contribution in [1.29, 1.82) is 0 Å². The minimum atomic E-state index is -3.97. The van der Waals surface area contributed by atoms with Gasteiger partial charge in [0.1, 0.15) is 16.4 Å². The van der Waals surface area contributed by atoms with Crippen molar-refractivity contribution in [2.45, 2.75) is 32.7 Å². The molecule has 30 heavy (non-hydrogen) atoms. The number of hydrogen-bond acceptors (Lipinski definition) is 5. The first-order chi connectivity index (χ1) is 14.1. The lowest BCUT2D eigenvalue weighted by Gasteiger charge is -2.30. The van der Waals surface area contributed by atoms with Crippen LogP contribution in [0.2, 0.25) is 5.02 Å². The second kappa shape index (κ2) is 8.70. The number of amides is 1. The molecule has 6 nitrogen and oxygen atoms in total. The minimum absolute atomic E-state index is 0.0154. The van der Waals surface area contributed by atoms with Gasteiger partial charge in [0, 0.05) is 11.6 Å². The number of rotatable bonds is 7. The molecule has 1 heterocycles. The van der Waals surface area contributed by atoms with Gasteiger partial charge in [0.05, 0.1) is 12.1 Å². The number of nitrogens with one attached hydrogen (secondary N) is 1. The molecule has 160 valence electrons. The molecule has 0 saturated carbocycles. The maximum atomic E-state index is 13.2. The second-order valence-corrected chi connectivity index (χ2v) is 10.1. The molecule has 0 unspecified atom stereocenters. The van der Waals surface area contributed by atoms with Gasteiger partial charge in [-0.15, -0.1) is 0 Å². The van der Waals surface area contributed by atoms with Crippen LogP contribution in [0.25, 0.3) is 4.91 Å². The van der Waals surface area contributed by atoms with E-state index in [1.165, 1.54) is 0 Å². The van der Waals surface area contributed by atoms with Gasteiger partial charge in [0.2, 0.25) is 0 Å². The van der Waals surface area contributed by atoms with Gasteiger partial charge in [-0.25, -0.2) is 12.7 Å². The summed E-state index contributed by atoms with van der Waals surface area (Å²) in [5.41, 5.74) is -0.294. The van der Waals surface area contributed by atoms with E-state index in [1.54, 1.807) is 75.4 Å². The maximum absolute atomic E-state index is 13.2. The third kappa shape index (κ3) is 4.63. The quantitative estimate of drug-likeness (QED) is 0.647. The average molecular weight is 449 g/mol. The Bertz CT molecular complexity index is 1040. The summed E-state index contributed by atoms with van der Waals surface area (Å²) in [4.78, 5) is 13.1. The van der Waals surface area contributed by atoms with Crippen LogP contribution in [0, 0.1) is 0 Å². The largest absolute Gasteiger partial charge is 0.494 e. The van der Waals surface area contributed by atoms with Crippen LogP contribution in [-0.4, -0.2) is 37.3 Å². The maximum Gasteiger partial charge on any atom is 0.285 e. The summed E-state index contributed by atoms with van der Waals surface area (Å²) in [5, 5.41) is 3.67. The smallest absolute Gasteiger partial charge is 0.285 e. The number of halogens is 1. The van der Waals surface area contributed by atoms with Crippen molar-refractivity contribution in [2.75, 3.05) is 13.2 Å². The van der Waals surface area contributed by atoms with Crippen molar-refractivity contribution in [3.05, 3.63) is 70.9 Å². The van der Waals surface area contributed by atoms with Gasteiger partial charge in [-0.2, -0.15) is 0 Å². The zero-order valence-corrected chi connectivity index (χ0v) is 18.8. The van der Waals surface area contributed by atoms with Gasteiger partial charge in [-0.05, 0) is 57.0 Å². The summed E-state index contributed by atoms with van der Waals surface area (Å²) in [5.74, 6) is 0.155. The minimum Gasteiger partial charge on any atom is -0.494 e. The summed E-state index contributed by atoms with van der Waals surface area (Å²) in [6.45, 7) is 5.90. The highest BCUT2D eigenvalue weighted by Crippen LogP contribution is 2.38. The van der Waals surface area contributed by atoms with Crippen LogP contribution < -0.4 is 10.1 Å². The van der Waals surface area contributed by atoms with E-state index in [0.29, 0.717) is 35.9 Å². The normalized spacial score (nSPS) is 16.1. The molecule has 1 aliphatic rings. The molecule has 0 aromatic heterocycles. The Morgan fingerprint density at radius 1 is 1.03 bits per heavy atom. The lowest BCUT2D eigenvalue weighted by Crippen LogP contribution is -2.46. The lowest BCUT2D eigenvalue weighted by atomic mass is 10.1. The van der Waals surface area contributed by atoms with E-state index >= 15 is 0 Å². The van der Waals surface area contributed by atoms with Crippen molar-refractivity contribution in [3.63, 3.8) is 0 Å². The summed E-state index contributed by atoms with van der Waals surface area (Å²) < 4.78 is 33.1. The van der Waals surface area contributed by atoms with E-state index in [0.717, 1.165) is 4.31 Å². The Kier molecular flexibility index (Phi) is 6.43.